The number of carboxylic acids is 2. The van der Waals surface area contributed by atoms with Gasteiger partial charge >= 0.3 is 11.9 Å². The molecule has 1 aromatic carbocycles. The van der Waals surface area contributed by atoms with Gasteiger partial charge < -0.3 is 10.2 Å². The van der Waals surface area contributed by atoms with Crippen molar-refractivity contribution in [3.8, 4) is 0 Å². The average Bonchev–Trinajstić information content (AvgIpc) is 2.81. The minimum Gasteiger partial charge on any atom is -0.481 e. The van der Waals surface area contributed by atoms with Crippen LogP contribution in [-0.4, -0.2) is 33.7 Å². The summed E-state index contributed by atoms with van der Waals surface area (Å²) in [6.07, 6.45) is 20.4. The third kappa shape index (κ3) is 19.2. The Morgan fingerprint density at radius 2 is 0.824 bits per heavy atom. The maximum Gasteiger partial charge on any atom is 0.303 e. The Bertz CT molecular complexity index is 651. The molecule has 0 aromatic heterocycles. The van der Waals surface area contributed by atoms with Crippen molar-refractivity contribution in [3.63, 3.8) is 0 Å². The molecule has 0 bridgehead atoms. The van der Waals surface area contributed by atoms with E-state index in [4.69, 9.17) is 10.2 Å². The molecule has 0 spiro atoms. The van der Waals surface area contributed by atoms with E-state index >= 15 is 0 Å². The van der Waals surface area contributed by atoms with Crippen LogP contribution >= 0.6 is 23.5 Å². The summed E-state index contributed by atoms with van der Waals surface area (Å²) in [6, 6.07) is 8.50. The predicted octanol–water partition coefficient (Wildman–Crippen LogP) is 9.06. The highest BCUT2D eigenvalue weighted by Gasteiger charge is 2.04. The number of benzene rings is 1. The summed E-state index contributed by atoms with van der Waals surface area (Å²) in [7, 11) is 0. The Morgan fingerprint density at radius 3 is 1.24 bits per heavy atom. The molecule has 1 aromatic rings. The van der Waals surface area contributed by atoms with Gasteiger partial charge in [0, 0.05) is 22.6 Å². The van der Waals surface area contributed by atoms with E-state index in [1.807, 2.05) is 11.8 Å². The van der Waals surface area contributed by atoms with Crippen LogP contribution in [0.4, 0.5) is 0 Å². The topological polar surface area (TPSA) is 74.6 Å². The molecule has 0 radical (unpaired) electrons. The quantitative estimate of drug-likeness (QED) is 0.107. The number of unbranched alkanes of at least 4 members (excludes halogenated alkanes) is 14. The second-order valence-electron chi connectivity index (χ2n) is 9.09. The molecule has 0 aliphatic heterocycles. The number of rotatable bonds is 24. The van der Waals surface area contributed by atoms with Gasteiger partial charge in [0.1, 0.15) is 0 Å². The van der Waals surface area contributed by atoms with Gasteiger partial charge in [0.2, 0.25) is 0 Å². The maximum absolute atomic E-state index is 10.6. The Kier molecular flexibility index (Phi) is 20.3. The molecule has 0 fully saturated rings. The first-order chi connectivity index (χ1) is 16.6. The summed E-state index contributed by atoms with van der Waals surface area (Å²) in [4.78, 5) is 23.7. The van der Waals surface area contributed by atoms with E-state index in [-0.39, 0.29) is 6.42 Å². The van der Waals surface area contributed by atoms with Crippen molar-refractivity contribution in [2.45, 2.75) is 125 Å². The smallest absolute Gasteiger partial charge is 0.303 e. The second kappa shape index (κ2) is 22.3. The number of carbonyl (C=O) groups is 2. The van der Waals surface area contributed by atoms with Crippen LogP contribution in [-0.2, 0) is 9.59 Å². The lowest BCUT2D eigenvalue weighted by molar-refractivity contribution is -0.138. The van der Waals surface area contributed by atoms with Crippen molar-refractivity contribution in [2.75, 3.05) is 11.5 Å². The monoisotopic (exact) mass is 510 g/mol. The van der Waals surface area contributed by atoms with Gasteiger partial charge in [-0.05, 0) is 42.9 Å². The zero-order valence-corrected chi connectivity index (χ0v) is 22.6. The fourth-order valence-electron chi connectivity index (χ4n) is 3.95. The first-order valence-corrected chi connectivity index (χ1v) is 15.3. The number of carboxylic acid groups (broad SMARTS) is 2. The molecule has 2 N–H and O–H groups in total. The lowest BCUT2D eigenvalue weighted by atomic mass is 10.0. The van der Waals surface area contributed by atoms with Crippen LogP contribution in [0.15, 0.2) is 34.1 Å². The van der Waals surface area contributed by atoms with Crippen LogP contribution in [0.25, 0.3) is 0 Å². The van der Waals surface area contributed by atoms with E-state index in [0.29, 0.717) is 6.42 Å². The zero-order chi connectivity index (χ0) is 24.7. The molecular formula is C28H46O4S2. The molecule has 0 amide bonds. The van der Waals surface area contributed by atoms with Gasteiger partial charge in [-0.1, -0.05) is 95.6 Å². The molecule has 0 saturated carbocycles. The molecule has 0 unspecified atom stereocenters. The van der Waals surface area contributed by atoms with E-state index in [9.17, 15) is 9.59 Å². The predicted molar refractivity (Wildman–Crippen MR) is 146 cm³/mol. The highest BCUT2D eigenvalue weighted by atomic mass is 32.2. The zero-order valence-electron chi connectivity index (χ0n) is 21.0. The maximum atomic E-state index is 10.6. The summed E-state index contributed by atoms with van der Waals surface area (Å²) in [6.45, 7) is 0. The van der Waals surface area contributed by atoms with E-state index in [1.165, 1.54) is 93.3 Å². The molecule has 0 aliphatic rings. The van der Waals surface area contributed by atoms with Gasteiger partial charge in [-0.25, -0.2) is 0 Å². The summed E-state index contributed by atoms with van der Waals surface area (Å²) >= 11 is 3.72. The molecule has 4 nitrogen and oxygen atoms in total. The minimum absolute atomic E-state index is 0.251. The first kappa shape index (κ1) is 30.9. The van der Waals surface area contributed by atoms with Crippen molar-refractivity contribution in [1.29, 1.82) is 0 Å². The Hall–Kier alpha value is -1.14. The summed E-state index contributed by atoms with van der Waals surface area (Å²) in [5.41, 5.74) is 0. The Morgan fingerprint density at radius 1 is 0.500 bits per heavy atom. The number of aliphatic carboxylic acids is 2. The highest BCUT2D eigenvalue weighted by Crippen LogP contribution is 2.32. The van der Waals surface area contributed by atoms with E-state index in [0.717, 1.165) is 30.8 Å². The molecule has 6 heteroatoms. The Balaban J connectivity index is 1.88. The van der Waals surface area contributed by atoms with Crippen LogP contribution in [0.1, 0.15) is 116 Å². The standard InChI is InChI=1S/C28H46O4S2/c29-27(30)21-14-12-10-8-6-4-2-1-3-5-7-9-11-13-17-23-33-25-19-15-16-20-26(25)34-24-18-22-28(31)32/h15-16,19-20H,1-14,17-18,21-24H2,(H,29,30)(H,31,32). The van der Waals surface area contributed by atoms with Crippen molar-refractivity contribution in [2.24, 2.45) is 0 Å². The van der Waals surface area contributed by atoms with Gasteiger partial charge in [-0.3, -0.25) is 9.59 Å². The van der Waals surface area contributed by atoms with E-state index < -0.39 is 11.9 Å². The number of hydrogen-bond acceptors (Lipinski definition) is 4. The average molecular weight is 511 g/mol. The molecule has 194 valence electrons. The van der Waals surface area contributed by atoms with Crippen LogP contribution in [0.5, 0.6) is 0 Å². The molecule has 1 rings (SSSR count). The molecule has 0 heterocycles. The summed E-state index contributed by atoms with van der Waals surface area (Å²) in [5, 5.41) is 17.4. The van der Waals surface area contributed by atoms with Crippen molar-refractivity contribution in [1.82, 2.24) is 0 Å². The van der Waals surface area contributed by atoms with Crippen LogP contribution in [0.2, 0.25) is 0 Å². The van der Waals surface area contributed by atoms with Crippen LogP contribution in [0, 0.1) is 0 Å². The van der Waals surface area contributed by atoms with Gasteiger partial charge in [0.05, 0.1) is 0 Å². The second-order valence-corrected chi connectivity index (χ2v) is 11.4. The molecular weight excluding hydrogens is 464 g/mol. The lowest BCUT2D eigenvalue weighted by Gasteiger charge is -2.08. The van der Waals surface area contributed by atoms with Gasteiger partial charge in [-0.15, -0.1) is 23.5 Å². The summed E-state index contributed by atoms with van der Waals surface area (Å²) in [5.74, 6) is 0.642. The lowest BCUT2D eigenvalue weighted by Crippen LogP contribution is -1.95. The highest BCUT2D eigenvalue weighted by molar-refractivity contribution is 8.02. The van der Waals surface area contributed by atoms with Crippen LogP contribution < -0.4 is 0 Å². The molecule has 0 saturated heterocycles. The number of thioether (sulfide) groups is 2. The summed E-state index contributed by atoms with van der Waals surface area (Å²) < 4.78 is 0. The Labute approximate surface area is 216 Å². The third-order valence-electron chi connectivity index (χ3n) is 5.93. The van der Waals surface area contributed by atoms with Crippen molar-refractivity contribution >= 4 is 35.5 Å². The fraction of sp³-hybridized carbons (Fsp3) is 0.714. The molecule has 0 aliphatic carbocycles. The van der Waals surface area contributed by atoms with Crippen molar-refractivity contribution < 1.29 is 19.8 Å². The van der Waals surface area contributed by atoms with Gasteiger partial charge in [-0.2, -0.15) is 0 Å². The van der Waals surface area contributed by atoms with Gasteiger partial charge in [0.15, 0.2) is 0 Å². The molecule has 0 atom stereocenters. The van der Waals surface area contributed by atoms with E-state index in [2.05, 4.69) is 24.3 Å². The van der Waals surface area contributed by atoms with Crippen molar-refractivity contribution in [3.05, 3.63) is 24.3 Å². The fourth-order valence-corrected chi connectivity index (χ4v) is 6.15. The first-order valence-electron chi connectivity index (χ1n) is 13.4. The largest absolute Gasteiger partial charge is 0.481 e. The minimum atomic E-state index is -0.710. The van der Waals surface area contributed by atoms with Gasteiger partial charge in [0.25, 0.3) is 0 Å². The molecule has 34 heavy (non-hydrogen) atoms. The number of hydrogen-bond donors (Lipinski definition) is 2. The third-order valence-corrected chi connectivity index (χ3v) is 8.38. The normalized spacial score (nSPS) is 11.1. The van der Waals surface area contributed by atoms with Crippen LogP contribution in [0.3, 0.4) is 0 Å². The SMILES string of the molecule is O=C(O)CCCCCCCCCCCCCCCCCSc1ccccc1SCCCC(=O)O. The van der Waals surface area contributed by atoms with E-state index in [1.54, 1.807) is 11.8 Å².